The number of amides is 3. The Morgan fingerprint density at radius 2 is 1.70 bits per heavy atom. The Hall–Kier alpha value is -3.46. The fourth-order valence-electron chi connectivity index (χ4n) is 7.56. The van der Waals surface area contributed by atoms with E-state index in [1.165, 1.54) is 0 Å². The van der Waals surface area contributed by atoms with Gasteiger partial charge in [0.05, 0.1) is 28.1 Å². The molecule has 8 nitrogen and oxygen atoms in total. The molecule has 4 aliphatic heterocycles. The van der Waals surface area contributed by atoms with Gasteiger partial charge in [-0.1, -0.05) is 85.3 Å². The number of halogens is 1. The van der Waals surface area contributed by atoms with Crippen molar-refractivity contribution in [3.63, 3.8) is 0 Å². The minimum atomic E-state index is -1.34. The van der Waals surface area contributed by atoms with Gasteiger partial charge in [0, 0.05) is 32.8 Å². The highest BCUT2D eigenvalue weighted by Gasteiger charge is 2.75. The Bertz CT molecular complexity index is 1460. The number of para-hydroxylation sites is 1. The van der Waals surface area contributed by atoms with Gasteiger partial charge in [-0.25, -0.2) is 0 Å². The molecule has 0 saturated carbocycles. The average molecular weight is 604 g/mol. The number of carbonyl (C=O) groups excluding carboxylic acids is 3. The van der Waals surface area contributed by atoms with E-state index in [9.17, 15) is 19.5 Å². The van der Waals surface area contributed by atoms with Gasteiger partial charge >= 0.3 is 0 Å². The van der Waals surface area contributed by atoms with E-state index in [1.54, 1.807) is 20.8 Å². The lowest BCUT2D eigenvalue weighted by Gasteiger charge is -2.38. The fraction of sp³-hybridized carbons (Fsp3) is 0.441. The predicted molar refractivity (Wildman–Crippen MR) is 164 cm³/mol. The summed E-state index contributed by atoms with van der Waals surface area (Å²) >= 11 is 6.65. The molecule has 4 aliphatic rings. The van der Waals surface area contributed by atoms with Gasteiger partial charge in [0.15, 0.2) is 0 Å². The van der Waals surface area contributed by atoms with Crippen molar-refractivity contribution in [1.82, 2.24) is 9.80 Å². The van der Waals surface area contributed by atoms with E-state index in [4.69, 9.17) is 16.3 Å². The van der Waals surface area contributed by atoms with Gasteiger partial charge in [0.25, 0.3) is 5.91 Å². The van der Waals surface area contributed by atoms with Crippen molar-refractivity contribution in [3.05, 3.63) is 89.0 Å². The van der Waals surface area contributed by atoms with Crippen LogP contribution >= 0.6 is 11.6 Å². The zero-order valence-electron chi connectivity index (χ0n) is 24.6. The van der Waals surface area contributed by atoms with Crippen LogP contribution in [0, 0.1) is 18.8 Å². The second-order valence-corrected chi connectivity index (χ2v) is 12.4. The van der Waals surface area contributed by atoms with Crippen LogP contribution in [0.25, 0.3) is 0 Å². The molecule has 0 radical (unpaired) electrons. The number of nitrogens with zero attached hydrogens (tertiary/aromatic N) is 3. The molecule has 1 unspecified atom stereocenters. The molecular formula is C34H38ClN3O5. The standard InChI is InChI=1S/C34H38ClN3O5/c1-3-33-16-10-18-36(22-24-13-5-4-6-14-24)30(40)26(33)27-31(41)38(19-7-8-21-39)29-32(42)37(20-11-17-34(27,29)43-33)28-23(2)12-9-15-25(28)35/h4-6,9-17,26-27,29,39H,3,7-8,18-22H2,1-2H3/t26-,27-,29?,33+,34-/m0/s1. The van der Waals surface area contributed by atoms with Gasteiger partial charge in [-0.05, 0) is 43.4 Å². The fourth-order valence-corrected chi connectivity index (χ4v) is 7.88. The Kier molecular flexibility index (Phi) is 7.96. The molecule has 43 heavy (non-hydrogen) atoms. The Labute approximate surface area is 257 Å². The minimum absolute atomic E-state index is 0.0180. The highest BCUT2D eigenvalue weighted by atomic mass is 35.5. The van der Waals surface area contributed by atoms with E-state index in [1.807, 2.05) is 80.6 Å². The second kappa shape index (κ2) is 11.6. The maximum Gasteiger partial charge on any atom is 0.253 e. The second-order valence-electron chi connectivity index (χ2n) is 11.9. The van der Waals surface area contributed by atoms with Gasteiger partial charge in [-0.15, -0.1) is 0 Å². The molecule has 5 atom stereocenters. The number of fused-ring (bicyclic) bond motifs is 2. The molecule has 0 aromatic heterocycles. The summed E-state index contributed by atoms with van der Waals surface area (Å²) in [7, 11) is 0. The van der Waals surface area contributed by atoms with Gasteiger partial charge < -0.3 is 24.5 Å². The number of likely N-dealkylation sites (tertiary alicyclic amines) is 1. The van der Waals surface area contributed by atoms with E-state index >= 15 is 0 Å². The van der Waals surface area contributed by atoms with Crippen LogP contribution in [0.2, 0.25) is 5.02 Å². The highest BCUT2D eigenvalue weighted by Crippen LogP contribution is 2.59. The molecule has 226 valence electrons. The molecule has 0 bridgehead atoms. The van der Waals surface area contributed by atoms with Crippen LogP contribution in [0.3, 0.4) is 0 Å². The van der Waals surface area contributed by atoms with E-state index < -0.39 is 29.1 Å². The number of hydrogen-bond donors (Lipinski definition) is 1. The summed E-state index contributed by atoms with van der Waals surface area (Å²) in [5, 5.41) is 9.94. The smallest absolute Gasteiger partial charge is 0.253 e. The van der Waals surface area contributed by atoms with Crippen LogP contribution in [0.1, 0.15) is 37.3 Å². The van der Waals surface area contributed by atoms with Crippen molar-refractivity contribution in [1.29, 1.82) is 0 Å². The number of aryl methyl sites for hydroxylation is 1. The summed E-state index contributed by atoms with van der Waals surface area (Å²) in [4.78, 5) is 48.8. The van der Waals surface area contributed by atoms with E-state index in [0.717, 1.165) is 11.1 Å². The first-order valence-electron chi connectivity index (χ1n) is 15.1. The number of carbonyl (C=O) groups is 3. The zero-order chi connectivity index (χ0) is 30.4. The van der Waals surface area contributed by atoms with Crippen molar-refractivity contribution < 1.29 is 24.2 Å². The molecule has 0 aliphatic carbocycles. The normalized spacial score (nSPS) is 29.9. The summed E-state index contributed by atoms with van der Waals surface area (Å²) in [5.74, 6) is -2.38. The van der Waals surface area contributed by atoms with Crippen molar-refractivity contribution in [2.24, 2.45) is 11.8 Å². The van der Waals surface area contributed by atoms with Crippen LogP contribution < -0.4 is 4.90 Å². The summed E-state index contributed by atoms with van der Waals surface area (Å²) in [6, 6.07) is 14.3. The number of aliphatic hydroxyl groups excluding tert-OH is 1. The highest BCUT2D eigenvalue weighted by molar-refractivity contribution is 6.34. The summed E-state index contributed by atoms with van der Waals surface area (Å²) in [6.45, 7) is 5.19. The maximum absolute atomic E-state index is 14.7. The van der Waals surface area contributed by atoms with Crippen LogP contribution in [0.4, 0.5) is 5.69 Å². The predicted octanol–water partition coefficient (Wildman–Crippen LogP) is 4.28. The first kappa shape index (κ1) is 29.6. The summed E-state index contributed by atoms with van der Waals surface area (Å²) in [5.41, 5.74) is 0.0598. The van der Waals surface area contributed by atoms with Gasteiger partial charge in [-0.3, -0.25) is 14.4 Å². The molecule has 2 saturated heterocycles. The lowest BCUT2D eigenvalue weighted by Crippen LogP contribution is -2.56. The van der Waals surface area contributed by atoms with Crippen LogP contribution in [0.5, 0.6) is 0 Å². The van der Waals surface area contributed by atoms with Gasteiger partial charge in [0.2, 0.25) is 11.8 Å². The first-order chi connectivity index (χ1) is 20.8. The zero-order valence-corrected chi connectivity index (χ0v) is 25.4. The topological polar surface area (TPSA) is 90.4 Å². The Morgan fingerprint density at radius 3 is 2.42 bits per heavy atom. The monoisotopic (exact) mass is 603 g/mol. The number of aliphatic hydroxyl groups is 1. The van der Waals surface area contributed by atoms with Crippen LogP contribution in [0.15, 0.2) is 72.8 Å². The minimum Gasteiger partial charge on any atom is -0.396 e. The third-order valence-electron chi connectivity index (χ3n) is 9.50. The third kappa shape index (κ3) is 4.71. The van der Waals surface area contributed by atoms with Crippen molar-refractivity contribution in [3.8, 4) is 0 Å². The Morgan fingerprint density at radius 1 is 0.930 bits per heavy atom. The van der Waals surface area contributed by atoms with Crippen molar-refractivity contribution in [2.75, 3.05) is 31.1 Å². The number of anilines is 1. The first-order valence-corrected chi connectivity index (χ1v) is 15.5. The number of ether oxygens (including phenoxy) is 1. The summed E-state index contributed by atoms with van der Waals surface area (Å²) in [6.07, 6.45) is 9.13. The largest absolute Gasteiger partial charge is 0.396 e. The van der Waals surface area contributed by atoms with Gasteiger partial charge in [0.1, 0.15) is 11.6 Å². The molecule has 9 heteroatoms. The lowest BCUT2D eigenvalue weighted by molar-refractivity contribution is -0.150. The lowest BCUT2D eigenvalue weighted by atomic mass is 9.73. The molecular weight excluding hydrogens is 566 g/mol. The van der Waals surface area contributed by atoms with Crippen molar-refractivity contribution in [2.45, 2.75) is 56.9 Å². The quantitative estimate of drug-likeness (QED) is 0.359. The molecule has 2 aromatic rings. The molecule has 6 rings (SSSR count). The van der Waals surface area contributed by atoms with E-state index in [-0.39, 0.29) is 37.4 Å². The molecule has 1 spiro atoms. The number of unbranched alkanes of at least 4 members (excludes halogenated alkanes) is 1. The summed E-state index contributed by atoms with van der Waals surface area (Å²) < 4.78 is 7.06. The van der Waals surface area contributed by atoms with Crippen LogP contribution in [-0.2, 0) is 25.7 Å². The molecule has 4 heterocycles. The SMILES string of the molecule is CC[C@@]12C=CCN(Cc3ccccc3)C(=O)[C@@H]1[C@H]1C(=O)N(CCCCO)C3C(=O)N(c4c(C)cccc4Cl)CC=C[C@@]31O2. The third-order valence-corrected chi connectivity index (χ3v) is 9.81. The maximum atomic E-state index is 14.7. The Balaban J connectivity index is 1.46. The van der Waals surface area contributed by atoms with E-state index in [2.05, 4.69) is 0 Å². The van der Waals surface area contributed by atoms with E-state index in [0.29, 0.717) is 43.1 Å². The van der Waals surface area contributed by atoms with Gasteiger partial charge in [-0.2, -0.15) is 0 Å². The molecule has 2 aromatic carbocycles. The number of benzene rings is 2. The number of rotatable bonds is 8. The van der Waals surface area contributed by atoms with Crippen molar-refractivity contribution >= 4 is 35.0 Å². The molecule has 2 fully saturated rings. The van der Waals surface area contributed by atoms with Crippen LogP contribution in [-0.4, -0.2) is 76.1 Å². The number of hydrogen-bond acceptors (Lipinski definition) is 5. The average Bonchev–Trinajstić information content (AvgIpc) is 3.29. The molecule has 3 amide bonds. The molecule has 1 N–H and O–H groups in total.